The average molecular weight is 303 g/mol. The number of rotatable bonds is 3. The minimum atomic E-state index is -0.144. The van der Waals surface area contributed by atoms with Crippen LogP contribution in [-0.4, -0.2) is 7.11 Å². The van der Waals surface area contributed by atoms with Crippen LogP contribution in [0, 0.1) is 6.92 Å². The van der Waals surface area contributed by atoms with E-state index in [4.69, 9.17) is 16.3 Å². The molecule has 0 aliphatic rings. The Kier molecular flexibility index (Phi) is 3.68. The third-order valence-corrected chi connectivity index (χ3v) is 5.11. The summed E-state index contributed by atoms with van der Waals surface area (Å²) in [7, 11) is 1.68. The zero-order valence-corrected chi connectivity index (χ0v) is 13.0. The van der Waals surface area contributed by atoms with Crippen molar-refractivity contribution in [3.8, 4) is 5.75 Å². The third kappa shape index (κ3) is 2.30. The second-order valence-corrected chi connectivity index (χ2v) is 6.15. The first-order valence-corrected chi connectivity index (χ1v) is 7.77. The molecule has 0 bridgehead atoms. The van der Waals surface area contributed by atoms with E-state index in [0.717, 1.165) is 16.2 Å². The van der Waals surface area contributed by atoms with Crippen molar-refractivity contribution in [2.75, 3.05) is 7.11 Å². The molecule has 3 heteroatoms. The Hall–Kier alpha value is -1.51. The van der Waals surface area contributed by atoms with Crippen molar-refractivity contribution in [2.45, 2.75) is 12.3 Å². The van der Waals surface area contributed by atoms with Crippen molar-refractivity contribution in [1.29, 1.82) is 0 Å². The number of benzene rings is 2. The molecule has 0 saturated heterocycles. The Morgan fingerprint density at radius 2 is 1.85 bits per heavy atom. The van der Waals surface area contributed by atoms with E-state index < -0.39 is 0 Å². The van der Waals surface area contributed by atoms with Crippen LogP contribution in [0.25, 0.3) is 10.8 Å². The molecule has 102 valence electrons. The second kappa shape index (κ2) is 5.47. The Morgan fingerprint density at radius 1 is 1.10 bits per heavy atom. The maximum Gasteiger partial charge on any atom is 0.129 e. The van der Waals surface area contributed by atoms with Gasteiger partial charge in [-0.15, -0.1) is 22.9 Å². The molecule has 0 radical (unpaired) electrons. The van der Waals surface area contributed by atoms with Gasteiger partial charge in [-0.2, -0.15) is 0 Å². The summed E-state index contributed by atoms with van der Waals surface area (Å²) in [5.74, 6) is 0.868. The Bertz CT molecular complexity index is 748. The van der Waals surface area contributed by atoms with Crippen LogP contribution >= 0.6 is 22.9 Å². The lowest BCUT2D eigenvalue weighted by molar-refractivity contribution is 0.416. The molecule has 1 heterocycles. The summed E-state index contributed by atoms with van der Waals surface area (Å²) in [6.07, 6.45) is 0. The molecule has 1 unspecified atom stereocenters. The number of hydrogen-bond donors (Lipinski definition) is 0. The minimum absolute atomic E-state index is 0.144. The largest absolute Gasteiger partial charge is 0.496 e. The molecule has 3 aromatic rings. The van der Waals surface area contributed by atoms with E-state index in [1.165, 1.54) is 16.3 Å². The molecule has 0 amide bonds. The summed E-state index contributed by atoms with van der Waals surface area (Å²) >= 11 is 8.32. The lowest BCUT2D eigenvalue weighted by Crippen LogP contribution is -1.93. The highest BCUT2D eigenvalue weighted by atomic mass is 35.5. The molecule has 0 N–H and O–H groups in total. The van der Waals surface area contributed by atoms with Gasteiger partial charge in [0.15, 0.2) is 0 Å². The summed E-state index contributed by atoms with van der Waals surface area (Å²) in [4.78, 5) is 1.11. The van der Waals surface area contributed by atoms with Crippen LogP contribution < -0.4 is 4.74 Å². The smallest absolute Gasteiger partial charge is 0.129 e. The van der Waals surface area contributed by atoms with Gasteiger partial charge in [-0.3, -0.25) is 0 Å². The van der Waals surface area contributed by atoms with E-state index in [2.05, 4.69) is 43.3 Å². The Balaban J connectivity index is 2.12. The third-order valence-electron chi connectivity index (χ3n) is 3.53. The molecule has 0 saturated carbocycles. The van der Waals surface area contributed by atoms with Crippen molar-refractivity contribution in [2.24, 2.45) is 0 Å². The van der Waals surface area contributed by atoms with Crippen LogP contribution in [0.5, 0.6) is 5.75 Å². The number of alkyl halides is 1. The van der Waals surface area contributed by atoms with Crippen LogP contribution in [0.2, 0.25) is 0 Å². The number of aryl methyl sites for hydroxylation is 1. The quantitative estimate of drug-likeness (QED) is 0.577. The monoisotopic (exact) mass is 302 g/mol. The molecule has 0 aliphatic heterocycles. The number of methoxy groups -OCH3 is 1. The summed E-state index contributed by atoms with van der Waals surface area (Å²) in [6.45, 7) is 2.13. The lowest BCUT2D eigenvalue weighted by Gasteiger charge is -2.13. The Labute approximate surface area is 127 Å². The first-order chi connectivity index (χ1) is 9.70. The lowest BCUT2D eigenvalue weighted by atomic mass is 9.98. The molecular formula is C17H15ClOS. The fourth-order valence-electron chi connectivity index (χ4n) is 2.42. The van der Waals surface area contributed by atoms with Crippen LogP contribution in [0.1, 0.15) is 21.4 Å². The predicted octanol–water partition coefficient (Wildman–Crippen LogP) is 5.55. The van der Waals surface area contributed by atoms with E-state index in [1.54, 1.807) is 18.4 Å². The predicted molar refractivity (Wildman–Crippen MR) is 87.3 cm³/mol. The highest BCUT2D eigenvalue weighted by Gasteiger charge is 2.16. The van der Waals surface area contributed by atoms with Crippen LogP contribution in [0.15, 0.2) is 47.8 Å². The molecule has 0 fully saturated rings. The first kappa shape index (κ1) is 13.5. The van der Waals surface area contributed by atoms with Gasteiger partial charge >= 0.3 is 0 Å². The SMILES string of the molecule is COc1csc(C(Cl)c2ccc(C)c3ccccc23)c1. The van der Waals surface area contributed by atoms with E-state index in [0.29, 0.717) is 0 Å². The Morgan fingerprint density at radius 3 is 2.55 bits per heavy atom. The van der Waals surface area contributed by atoms with Crippen LogP contribution in [0.4, 0.5) is 0 Å². The van der Waals surface area contributed by atoms with E-state index in [1.807, 2.05) is 11.4 Å². The number of fused-ring (bicyclic) bond motifs is 1. The van der Waals surface area contributed by atoms with E-state index in [-0.39, 0.29) is 5.38 Å². The van der Waals surface area contributed by atoms with Gasteiger partial charge in [0.25, 0.3) is 0 Å². The zero-order valence-electron chi connectivity index (χ0n) is 11.4. The average Bonchev–Trinajstić information content (AvgIpc) is 2.96. The van der Waals surface area contributed by atoms with Gasteiger partial charge in [-0.25, -0.2) is 0 Å². The topological polar surface area (TPSA) is 9.23 Å². The summed E-state index contributed by atoms with van der Waals surface area (Å²) < 4.78 is 5.24. The first-order valence-electron chi connectivity index (χ1n) is 6.45. The van der Waals surface area contributed by atoms with Crippen molar-refractivity contribution < 1.29 is 4.74 Å². The molecule has 0 aliphatic carbocycles. The van der Waals surface area contributed by atoms with Gasteiger partial charge in [-0.1, -0.05) is 36.4 Å². The molecule has 2 aromatic carbocycles. The number of halogens is 1. The van der Waals surface area contributed by atoms with Crippen molar-refractivity contribution >= 4 is 33.7 Å². The fourth-order valence-corrected chi connectivity index (χ4v) is 3.68. The molecule has 3 rings (SSSR count). The van der Waals surface area contributed by atoms with Crippen molar-refractivity contribution in [3.05, 3.63) is 63.8 Å². The zero-order chi connectivity index (χ0) is 14.1. The van der Waals surface area contributed by atoms with Crippen LogP contribution in [-0.2, 0) is 0 Å². The minimum Gasteiger partial charge on any atom is -0.496 e. The van der Waals surface area contributed by atoms with Crippen molar-refractivity contribution in [3.63, 3.8) is 0 Å². The summed E-state index contributed by atoms with van der Waals surface area (Å²) in [6, 6.07) is 14.7. The molecule has 1 atom stereocenters. The van der Waals surface area contributed by atoms with Gasteiger partial charge in [0, 0.05) is 10.3 Å². The van der Waals surface area contributed by atoms with Gasteiger partial charge in [-0.05, 0) is 34.9 Å². The fraction of sp³-hybridized carbons (Fsp3) is 0.176. The van der Waals surface area contributed by atoms with Gasteiger partial charge in [0.2, 0.25) is 0 Å². The molecular weight excluding hydrogens is 288 g/mol. The highest BCUT2D eigenvalue weighted by molar-refractivity contribution is 7.10. The van der Waals surface area contributed by atoms with E-state index in [9.17, 15) is 0 Å². The van der Waals surface area contributed by atoms with Crippen molar-refractivity contribution in [1.82, 2.24) is 0 Å². The maximum absolute atomic E-state index is 6.69. The molecule has 20 heavy (non-hydrogen) atoms. The molecule has 0 spiro atoms. The number of thiophene rings is 1. The van der Waals surface area contributed by atoms with Gasteiger partial charge in [0.1, 0.15) is 5.75 Å². The van der Waals surface area contributed by atoms with Crippen LogP contribution in [0.3, 0.4) is 0 Å². The number of ether oxygens (including phenoxy) is 1. The summed E-state index contributed by atoms with van der Waals surface area (Å²) in [5, 5.41) is 4.33. The second-order valence-electron chi connectivity index (χ2n) is 4.77. The van der Waals surface area contributed by atoms with Gasteiger partial charge in [0.05, 0.1) is 12.5 Å². The van der Waals surface area contributed by atoms with Gasteiger partial charge < -0.3 is 4.74 Å². The molecule has 1 nitrogen and oxygen atoms in total. The normalized spacial score (nSPS) is 12.6. The maximum atomic E-state index is 6.69. The summed E-state index contributed by atoms with van der Waals surface area (Å²) in [5.41, 5.74) is 2.43. The molecule has 1 aromatic heterocycles. The standard InChI is InChI=1S/C17H15ClOS/c1-11-7-8-15(14-6-4-3-5-13(11)14)17(18)16-9-12(19-2)10-20-16/h3-10,17H,1-2H3. The van der Waals surface area contributed by atoms with E-state index >= 15 is 0 Å². The number of hydrogen-bond acceptors (Lipinski definition) is 2. The highest BCUT2D eigenvalue weighted by Crippen LogP contribution is 2.39.